The molecule has 6 nitrogen and oxygen atoms in total. The lowest BCUT2D eigenvalue weighted by atomic mass is 10.2. The van der Waals surface area contributed by atoms with E-state index in [-0.39, 0.29) is 11.7 Å². The van der Waals surface area contributed by atoms with Crippen molar-refractivity contribution in [3.63, 3.8) is 0 Å². The highest BCUT2D eigenvalue weighted by atomic mass is 16.5. The quantitative estimate of drug-likeness (QED) is 0.629. The highest BCUT2D eigenvalue weighted by Crippen LogP contribution is 2.15. The number of nitrogens with two attached hydrogens (primary N) is 1. The van der Waals surface area contributed by atoms with E-state index in [9.17, 15) is 4.79 Å². The van der Waals surface area contributed by atoms with Crippen molar-refractivity contribution < 1.29 is 14.3 Å². The fraction of sp³-hybridized carbons (Fsp3) is 0.182. The number of ether oxygens (including phenoxy) is 2. The van der Waals surface area contributed by atoms with Crippen LogP contribution in [-0.2, 0) is 24.5 Å². The lowest BCUT2D eigenvalue weighted by Gasteiger charge is -2.10. The Morgan fingerprint density at radius 1 is 0.964 bits per heavy atom. The number of rotatable bonds is 8. The number of hydrogen-bond acceptors (Lipinski definition) is 5. The van der Waals surface area contributed by atoms with Gasteiger partial charge in [-0.05, 0) is 35.4 Å². The van der Waals surface area contributed by atoms with Crippen LogP contribution in [0.2, 0.25) is 0 Å². The number of pyridine rings is 1. The number of hydrogen-bond donors (Lipinski definition) is 2. The number of amides is 1. The van der Waals surface area contributed by atoms with Gasteiger partial charge in [-0.3, -0.25) is 4.79 Å². The molecule has 6 heteroatoms. The fourth-order valence-corrected chi connectivity index (χ4v) is 2.66. The van der Waals surface area contributed by atoms with E-state index in [1.807, 2.05) is 54.6 Å². The van der Waals surface area contributed by atoms with Gasteiger partial charge in [0.25, 0.3) is 5.91 Å². The van der Waals surface area contributed by atoms with Gasteiger partial charge in [0.2, 0.25) is 0 Å². The molecule has 0 unspecified atom stereocenters. The SMILES string of the molecule is COCc1ccc(C(=O)NCc2ccc(OCc3ccccc3)cc2)c(N)n1. The second-order valence-corrected chi connectivity index (χ2v) is 6.27. The number of anilines is 1. The summed E-state index contributed by atoms with van der Waals surface area (Å²) < 4.78 is 10.8. The van der Waals surface area contributed by atoms with E-state index in [4.69, 9.17) is 15.2 Å². The lowest BCUT2D eigenvalue weighted by Crippen LogP contribution is -2.24. The smallest absolute Gasteiger partial charge is 0.255 e. The first kappa shape index (κ1) is 19.4. The van der Waals surface area contributed by atoms with Crippen LogP contribution >= 0.6 is 0 Å². The van der Waals surface area contributed by atoms with Crippen LogP contribution in [-0.4, -0.2) is 18.0 Å². The van der Waals surface area contributed by atoms with Gasteiger partial charge in [0.05, 0.1) is 17.9 Å². The summed E-state index contributed by atoms with van der Waals surface area (Å²) in [5.74, 6) is 0.705. The van der Waals surface area contributed by atoms with Crippen molar-refractivity contribution in [1.82, 2.24) is 10.3 Å². The van der Waals surface area contributed by atoms with Crippen LogP contribution in [0.4, 0.5) is 5.82 Å². The lowest BCUT2D eigenvalue weighted by molar-refractivity contribution is 0.0951. The molecular formula is C22H23N3O3. The number of nitrogens with one attached hydrogen (secondary N) is 1. The summed E-state index contributed by atoms with van der Waals surface area (Å²) in [5, 5.41) is 2.85. The van der Waals surface area contributed by atoms with Crippen LogP contribution in [0.25, 0.3) is 0 Å². The van der Waals surface area contributed by atoms with Crippen LogP contribution in [0.1, 0.15) is 27.2 Å². The number of carbonyl (C=O) groups excluding carboxylic acids is 1. The molecule has 3 aromatic rings. The highest BCUT2D eigenvalue weighted by Gasteiger charge is 2.11. The molecule has 0 aliphatic carbocycles. The molecule has 0 aliphatic rings. The Hall–Kier alpha value is -3.38. The van der Waals surface area contributed by atoms with Gasteiger partial charge in [-0.1, -0.05) is 42.5 Å². The van der Waals surface area contributed by atoms with Gasteiger partial charge in [-0.15, -0.1) is 0 Å². The summed E-state index contributed by atoms with van der Waals surface area (Å²) >= 11 is 0. The summed E-state index contributed by atoms with van der Waals surface area (Å²) in [6.45, 7) is 1.25. The minimum atomic E-state index is -0.265. The fourth-order valence-electron chi connectivity index (χ4n) is 2.66. The van der Waals surface area contributed by atoms with E-state index in [0.29, 0.717) is 31.0 Å². The molecule has 0 saturated heterocycles. The van der Waals surface area contributed by atoms with E-state index in [2.05, 4.69) is 10.3 Å². The second-order valence-electron chi connectivity index (χ2n) is 6.27. The van der Waals surface area contributed by atoms with Crippen molar-refractivity contribution in [2.75, 3.05) is 12.8 Å². The highest BCUT2D eigenvalue weighted by molar-refractivity contribution is 5.98. The van der Waals surface area contributed by atoms with Gasteiger partial charge < -0.3 is 20.5 Å². The van der Waals surface area contributed by atoms with Gasteiger partial charge >= 0.3 is 0 Å². The molecule has 3 N–H and O–H groups in total. The van der Waals surface area contributed by atoms with E-state index in [1.165, 1.54) is 0 Å². The predicted molar refractivity (Wildman–Crippen MR) is 108 cm³/mol. The Morgan fingerprint density at radius 2 is 1.71 bits per heavy atom. The first-order valence-corrected chi connectivity index (χ1v) is 8.94. The van der Waals surface area contributed by atoms with Gasteiger partial charge in [0.1, 0.15) is 18.2 Å². The molecule has 0 spiro atoms. The molecule has 1 aromatic heterocycles. The Morgan fingerprint density at radius 3 is 2.39 bits per heavy atom. The Balaban J connectivity index is 1.52. The number of carbonyl (C=O) groups is 1. The minimum Gasteiger partial charge on any atom is -0.489 e. The van der Waals surface area contributed by atoms with E-state index in [1.54, 1.807) is 19.2 Å². The van der Waals surface area contributed by atoms with Crippen LogP contribution < -0.4 is 15.8 Å². The van der Waals surface area contributed by atoms with Crippen LogP contribution in [0.15, 0.2) is 66.7 Å². The van der Waals surface area contributed by atoms with Crippen LogP contribution in [0.3, 0.4) is 0 Å². The molecule has 0 radical (unpaired) electrons. The summed E-state index contributed by atoms with van der Waals surface area (Å²) in [4.78, 5) is 16.5. The number of aromatic nitrogens is 1. The zero-order chi connectivity index (χ0) is 19.8. The summed E-state index contributed by atoms with van der Waals surface area (Å²) in [7, 11) is 1.58. The van der Waals surface area contributed by atoms with Crippen LogP contribution in [0.5, 0.6) is 5.75 Å². The molecule has 0 saturated carbocycles. The van der Waals surface area contributed by atoms with Gasteiger partial charge in [-0.2, -0.15) is 0 Å². The molecule has 3 rings (SSSR count). The Labute approximate surface area is 164 Å². The first-order chi connectivity index (χ1) is 13.7. The van der Waals surface area contributed by atoms with Crippen molar-refractivity contribution >= 4 is 11.7 Å². The molecule has 2 aromatic carbocycles. The maximum absolute atomic E-state index is 12.3. The molecule has 1 amide bonds. The molecule has 0 atom stereocenters. The Bertz CT molecular complexity index is 912. The molecule has 0 aliphatic heterocycles. The average Bonchev–Trinajstić information content (AvgIpc) is 2.72. The number of benzene rings is 2. The molecule has 1 heterocycles. The molecular weight excluding hydrogens is 354 g/mol. The summed E-state index contributed by atoms with van der Waals surface area (Å²) in [5.41, 5.74) is 8.98. The third-order valence-electron chi connectivity index (χ3n) is 4.14. The van der Waals surface area contributed by atoms with E-state index in [0.717, 1.165) is 16.9 Å². The number of methoxy groups -OCH3 is 1. The molecule has 28 heavy (non-hydrogen) atoms. The van der Waals surface area contributed by atoms with Gasteiger partial charge in [0, 0.05) is 13.7 Å². The zero-order valence-electron chi connectivity index (χ0n) is 15.7. The standard InChI is InChI=1S/C22H23N3O3/c1-27-15-18-9-12-20(21(23)25-18)22(26)24-13-16-7-10-19(11-8-16)28-14-17-5-3-2-4-6-17/h2-12H,13-15H2,1H3,(H2,23,25)(H,24,26). The second kappa shape index (κ2) is 9.53. The number of nitrogen functional groups attached to an aromatic ring is 1. The minimum absolute atomic E-state index is 0.191. The van der Waals surface area contributed by atoms with Crippen LogP contribution in [0, 0.1) is 0 Å². The maximum Gasteiger partial charge on any atom is 0.255 e. The maximum atomic E-state index is 12.3. The largest absolute Gasteiger partial charge is 0.489 e. The zero-order valence-corrected chi connectivity index (χ0v) is 15.7. The normalized spacial score (nSPS) is 10.5. The third-order valence-corrected chi connectivity index (χ3v) is 4.14. The monoisotopic (exact) mass is 377 g/mol. The third kappa shape index (κ3) is 5.31. The average molecular weight is 377 g/mol. The van der Waals surface area contributed by atoms with Crippen molar-refractivity contribution in [2.45, 2.75) is 19.8 Å². The Kier molecular flexibility index (Phi) is 6.59. The van der Waals surface area contributed by atoms with Crippen molar-refractivity contribution in [3.8, 4) is 5.75 Å². The molecule has 0 fully saturated rings. The van der Waals surface area contributed by atoms with Gasteiger partial charge in [0.15, 0.2) is 0 Å². The van der Waals surface area contributed by atoms with Crippen molar-refractivity contribution in [3.05, 3.63) is 89.1 Å². The topological polar surface area (TPSA) is 86.5 Å². The molecule has 0 bridgehead atoms. The van der Waals surface area contributed by atoms with E-state index >= 15 is 0 Å². The van der Waals surface area contributed by atoms with E-state index < -0.39 is 0 Å². The number of nitrogens with zero attached hydrogens (tertiary/aromatic N) is 1. The molecule has 144 valence electrons. The predicted octanol–water partition coefficient (Wildman–Crippen LogP) is 3.32. The van der Waals surface area contributed by atoms with Crippen molar-refractivity contribution in [2.24, 2.45) is 0 Å². The summed E-state index contributed by atoms with van der Waals surface area (Å²) in [6.07, 6.45) is 0. The van der Waals surface area contributed by atoms with Gasteiger partial charge in [-0.25, -0.2) is 4.98 Å². The summed E-state index contributed by atoms with van der Waals surface area (Å²) in [6, 6.07) is 21.0. The van der Waals surface area contributed by atoms with Crippen molar-refractivity contribution in [1.29, 1.82) is 0 Å². The first-order valence-electron chi connectivity index (χ1n) is 8.94.